The zero-order valence-corrected chi connectivity index (χ0v) is 55.3. The van der Waals surface area contributed by atoms with Gasteiger partial charge in [-0.25, -0.2) is 4.18 Å². The smallest absolute Gasteiger partial charge is 0.394 e. The second-order valence-electron chi connectivity index (χ2n) is 29.2. The van der Waals surface area contributed by atoms with Gasteiger partial charge in [0.05, 0.1) is 50.3 Å². The number of ketones is 1. The van der Waals surface area contributed by atoms with Crippen molar-refractivity contribution in [3.63, 3.8) is 0 Å². The Morgan fingerprint density at radius 3 is 1.61 bits per heavy atom. The van der Waals surface area contributed by atoms with Crippen LogP contribution in [0.4, 0.5) is 0 Å². The lowest BCUT2D eigenvalue weighted by Gasteiger charge is -2.59. The highest BCUT2D eigenvalue weighted by Crippen LogP contribution is 2.67. The van der Waals surface area contributed by atoms with Crippen LogP contribution < -0.4 is 0 Å². The zero-order valence-electron chi connectivity index (χ0n) is 54.5. The van der Waals surface area contributed by atoms with Crippen LogP contribution in [-0.2, 0) is 76.2 Å². The summed E-state index contributed by atoms with van der Waals surface area (Å²) < 4.78 is 113. The summed E-state index contributed by atoms with van der Waals surface area (Å²) in [5.41, 5.74) is 0.408. The van der Waals surface area contributed by atoms with Crippen LogP contribution in [0.15, 0.2) is 11.6 Å². The molecule has 0 unspecified atom stereocenters. The number of rotatable bonds is 21. The number of fused-ring (bicyclic) bond motifs is 5. The van der Waals surface area contributed by atoms with Crippen LogP contribution >= 0.6 is 0 Å². The van der Waals surface area contributed by atoms with Gasteiger partial charge in [-0.15, -0.1) is 0 Å². The van der Waals surface area contributed by atoms with Gasteiger partial charge in [-0.3, -0.25) is 9.35 Å². The Balaban J connectivity index is 0.899. The molecule has 10 rings (SSSR count). The van der Waals surface area contributed by atoms with Crippen molar-refractivity contribution in [2.75, 3.05) is 19.8 Å². The lowest BCUT2D eigenvalue weighted by molar-refractivity contribution is -0.402. The normalized spacial score (nSPS) is 51.7. The monoisotopic (exact) mass is 1390 g/mol. The van der Waals surface area contributed by atoms with Gasteiger partial charge in [-0.05, 0) is 112 Å². The highest BCUT2D eigenvalue weighted by Gasteiger charge is 2.63. The average molecular weight is 1390 g/mol. The lowest BCUT2D eigenvalue weighted by Crippen LogP contribution is -2.67. The number of aliphatic hydroxyl groups excluding tert-OH is 15. The molecule has 0 aromatic carbocycles. The van der Waals surface area contributed by atoms with Gasteiger partial charge in [-0.1, -0.05) is 46.3 Å². The van der Waals surface area contributed by atoms with E-state index in [1.54, 1.807) is 0 Å². The molecule has 0 bridgehead atoms. The molecule has 6 aliphatic heterocycles. The minimum Gasteiger partial charge on any atom is -0.394 e. The number of hydrogen-bond acceptors (Lipinski definition) is 31. The van der Waals surface area contributed by atoms with Crippen LogP contribution in [0.5, 0.6) is 0 Å². The van der Waals surface area contributed by atoms with E-state index in [1.807, 2.05) is 13.8 Å². The fraction of sp³-hybridized carbons (Fsp3) is 0.952. The summed E-state index contributed by atoms with van der Waals surface area (Å²) in [5, 5.41) is 167. The topological polar surface area (TPSA) is 495 Å². The van der Waals surface area contributed by atoms with E-state index in [1.165, 1.54) is 26.3 Å². The highest BCUT2D eigenvalue weighted by atomic mass is 32.3. The minimum atomic E-state index is -4.89. The lowest BCUT2D eigenvalue weighted by atomic mass is 9.47. The SMILES string of the molecule is CC(C)CC(=O)C[C@@H](C)[C@H]1CC[C@H]2[C@@H]3C[C@H](O[C@@H]4O[C@H](C)[C@@H](O)[C@H](O[C@@H]5OC[C@@H](O[C@@H]6O[C@H](CO)[C@H](O)[C@H](O)[C@H]6O[C@@H]6O[C@H](C)[C@H](O)[C@H](O[C@@H]7O[C@H](CO)[C@H](O)[C@H](O)[C@H]7O)[C@H]6O)[C@H](O)[C@H]5O[C@@H]5O[C@H](C)[C@@H](O)[C@H](O)[C@H]5O)[C@H]4O)[C@H]4C[C@@H](OS(=O)(=O)O)CC[C@]4(C)C3=CC[C@]12C. The summed E-state index contributed by atoms with van der Waals surface area (Å²) in [6, 6.07) is 0. The molecular formula is C62H102O32S. The molecule has 4 aliphatic carbocycles. The van der Waals surface area contributed by atoms with Crippen molar-refractivity contribution >= 4 is 16.2 Å². The molecular weight excluding hydrogens is 1290 g/mol. The standard InChI is InChI=1S/C62H102O32S/c1-22(2)15-27(65)16-23(3)30-9-10-31-29-18-34(33-17-28(94-95(79,80)81)11-13-62(33,8)32(29)12-14-61(30,31)7)86-57-49(77)52(40(68)25(5)84-57)91-59-53(92-55-47(75)44(72)38(66)24(4)83-55)43(71)37(21-82-59)89-60-54(46(74)42(70)36(20-64)88-60)93-58-50(78)51(39(67)26(6)85-58)90-56-48(76)45(73)41(69)35(19-63)87-56/h12,22-26,28-31,33-60,63-64,66-78H,9-11,13-21H2,1-8H3,(H,79,80,81)/t23-,24-,25-,26-,28+,29+,30-,31+,33-,34+,35-,36-,37-,38-,39+,40-,41+,42+,43+,44+,45+,46+,47-,48-,49-,50-,51+,52+,53-,54-,55+,56+,57+,58+,59+,60+,61-,62-/m1/s1. The van der Waals surface area contributed by atoms with E-state index in [2.05, 4.69) is 26.8 Å². The third kappa shape index (κ3) is 15.3. The van der Waals surface area contributed by atoms with Crippen molar-refractivity contribution in [3.05, 3.63) is 11.6 Å². The zero-order chi connectivity index (χ0) is 69.4. The molecule has 0 spiro atoms. The van der Waals surface area contributed by atoms with Crippen LogP contribution in [0.2, 0.25) is 0 Å². The second-order valence-corrected chi connectivity index (χ2v) is 30.2. The molecule has 33 heteroatoms. The number of hydrogen-bond donors (Lipinski definition) is 16. The van der Waals surface area contributed by atoms with Crippen LogP contribution in [-0.4, -0.2) is 306 Å². The summed E-state index contributed by atoms with van der Waals surface area (Å²) in [5.74, 6) is 0.421. The summed E-state index contributed by atoms with van der Waals surface area (Å²) >= 11 is 0. The Morgan fingerprint density at radius 2 is 1.03 bits per heavy atom. The summed E-state index contributed by atoms with van der Waals surface area (Å²) in [7, 11) is -4.89. The predicted molar refractivity (Wildman–Crippen MR) is 317 cm³/mol. The minimum absolute atomic E-state index is 0.0583. The molecule has 0 aromatic heterocycles. The molecule has 38 atom stereocenters. The first-order valence-corrected chi connectivity index (χ1v) is 34.7. The first kappa shape index (κ1) is 75.9. The van der Waals surface area contributed by atoms with Crippen LogP contribution in [0.25, 0.3) is 0 Å². The van der Waals surface area contributed by atoms with Gasteiger partial charge in [0.2, 0.25) is 0 Å². The van der Waals surface area contributed by atoms with E-state index in [-0.39, 0.29) is 53.6 Å². The average Bonchev–Trinajstić information content (AvgIpc) is 1.70. The molecule has 9 fully saturated rings. The van der Waals surface area contributed by atoms with Gasteiger partial charge in [0, 0.05) is 12.8 Å². The van der Waals surface area contributed by atoms with Crippen molar-refractivity contribution in [2.24, 2.45) is 46.3 Å². The number of ether oxygens (including phenoxy) is 12. The molecule has 10 aliphatic rings. The molecule has 16 N–H and O–H groups in total. The van der Waals surface area contributed by atoms with Crippen molar-refractivity contribution in [1.82, 2.24) is 0 Å². The number of Topliss-reactive ketones (excluding diaryl/α,β-unsaturated/α-hetero) is 1. The Bertz CT molecular complexity index is 2700. The van der Waals surface area contributed by atoms with Crippen molar-refractivity contribution < 1.29 is 155 Å². The second kappa shape index (κ2) is 30.3. The van der Waals surface area contributed by atoms with Gasteiger partial charge >= 0.3 is 10.4 Å². The third-order valence-electron chi connectivity index (χ3n) is 22.4. The molecule has 32 nitrogen and oxygen atoms in total. The van der Waals surface area contributed by atoms with E-state index in [0.29, 0.717) is 25.7 Å². The van der Waals surface area contributed by atoms with Crippen molar-refractivity contribution in [2.45, 2.75) is 304 Å². The molecule has 548 valence electrons. The number of allylic oxidation sites excluding steroid dienone is 2. The Labute approximate surface area is 551 Å². The van der Waals surface area contributed by atoms with E-state index >= 15 is 0 Å². The number of carbonyl (C=O) groups is 1. The maximum Gasteiger partial charge on any atom is 0.397 e. The van der Waals surface area contributed by atoms with Gasteiger partial charge in [0.25, 0.3) is 0 Å². The summed E-state index contributed by atoms with van der Waals surface area (Å²) in [4.78, 5) is 13.2. The molecule has 0 radical (unpaired) electrons. The molecule has 6 heterocycles. The summed E-state index contributed by atoms with van der Waals surface area (Å²) in [6.07, 6.45) is -46.4. The van der Waals surface area contributed by atoms with E-state index in [0.717, 1.165) is 19.3 Å². The van der Waals surface area contributed by atoms with Gasteiger partial charge in [-0.2, -0.15) is 8.42 Å². The third-order valence-corrected chi connectivity index (χ3v) is 22.9. The Morgan fingerprint density at radius 1 is 0.537 bits per heavy atom. The predicted octanol–water partition coefficient (Wildman–Crippen LogP) is -3.97. The Hall–Kier alpha value is -1.80. The molecule has 95 heavy (non-hydrogen) atoms. The van der Waals surface area contributed by atoms with Crippen molar-refractivity contribution in [3.8, 4) is 0 Å². The number of aliphatic hydroxyl groups is 15. The van der Waals surface area contributed by atoms with Gasteiger partial charge < -0.3 is 133 Å². The fourth-order valence-corrected chi connectivity index (χ4v) is 17.7. The maximum absolute atomic E-state index is 13.2. The number of carbonyl (C=O) groups excluding carboxylic acids is 1. The largest absolute Gasteiger partial charge is 0.397 e. The highest BCUT2D eigenvalue weighted by molar-refractivity contribution is 7.80. The van der Waals surface area contributed by atoms with Gasteiger partial charge in [0.15, 0.2) is 37.7 Å². The molecule has 3 saturated carbocycles. The van der Waals surface area contributed by atoms with E-state index < -0.39 is 232 Å². The first-order chi connectivity index (χ1) is 44.6. The van der Waals surface area contributed by atoms with E-state index in [4.69, 9.17) is 61.0 Å². The first-order valence-electron chi connectivity index (χ1n) is 33.4. The Kier molecular flexibility index (Phi) is 24.2. The molecule has 6 saturated heterocycles. The van der Waals surface area contributed by atoms with Crippen molar-refractivity contribution in [1.29, 1.82) is 0 Å². The summed E-state index contributed by atoms with van der Waals surface area (Å²) in [6.45, 7) is 12.3. The van der Waals surface area contributed by atoms with Gasteiger partial charge in [0.1, 0.15) is 128 Å². The van der Waals surface area contributed by atoms with Crippen LogP contribution in [0.3, 0.4) is 0 Å². The molecule has 0 amide bonds. The van der Waals surface area contributed by atoms with Crippen LogP contribution in [0.1, 0.15) is 113 Å². The van der Waals surface area contributed by atoms with Crippen LogP contribution in [0, 0.1) is 46.3 Å². The fourth-order valence-electron chi connectivity index (χ4n) is 17.2. The quantitative estimate of drug-likeness (QED) is 0.0385. The molecule has 0 aromatic rings. The maximum atomic E-state index is 13.2. The van der Waals surface area contributed by atoms with E-state index in [9.17, 15) is 94.4 Å².